The number of oxazole rings is 1. The molecule has 0 aromatic carbocycles. The van der Waals surface area contributed by atoms with E-state index < -0.39 is 5.76 Å². The van der Waals surface area contributed by atoms with Gasteiger partial charge in [0.2, 0.25) is 11.3 Å². The molecule has 10 heavy (non-hydrogen) atoms. The fourth-order valence-electron chi connectivity index (χ4n) is 0.763. The van der Waals surface area contributed by atoms with Gasteiger partial charge in [-0.1, -0.05) is 0 Å². The molecule has 2 aromatic rings. The minimum absolute atomic E-state index is 0.280. The molecule has 0 spiro atoms. The maximum Gasteiger partial charge on any atom is 0.419 e. The van der Waals surface area contributed by atoms with E-state index in [0.29, 0.717) is 5.69 Å². The first-order chi connectivity index (χ1) is 4.77. The molecule has 0 fully saturated rings. The summed E-state index contributed by atoms with van der Waals surface area (Å²) in [7, 11) is 0. The second-order valence-corrected chi connectivity index (χ2v) is 1.86. The largest absolute Gasteiger partial charge is 0.443 e. The van der Waals surface area contributed by atoms with Crippen molar-refractivity contribution in [2.75, 3.05) is 5.73 Å². The van der Waals surface area contributed by atoms with Gasteiger partial charge >= 0.3 is 5.76 Å². The highest BCUT2D eigenvalue weighted by Gasteiger charge is 2.07. The number of fused-ring (bicyclic) bond motifs is 1. The monoisotopic (exact) mass is 140 g/mol. The molecule has 2 heterocycles. The first-order valence-electron chi connectivity index (χ1n) is 2.63. The second kappa shape index (κ2) is 1.44. The summed E-state index contributed by atoms with van der Waals surface area (Å²) in [4.78, 5) is 12.8. The zero-order chi connectivity index (χ0) is 7.14. The number of nitrogens with two attached hydrogens (primary N) is 1. The molecule has 5 nitrogen and oxygen atoms in total. The molecule has 0 radical (unpaired) electrons. The number of nitrogen functional groups attached to an aromatic ring is 1. The van der Waals surface area contributed by atoms with Gasteiger partial charge in [0, 0.05) is 0 Å². The van der Waals surface area contributed by atoms with Gasteiger partial charge < -0.3 is 14.6 Å². The summed E-state index contributed by atoms with van der Waals surface area (Å²) >= 11 is 0. The number of aromatic amines is 1. The van der Waals surface area contributed by atoms with Gasteiger partial charge in [-0.15, -0.1) is 0 Å². The van der Waals surface area contributed by atoms with Gasteiger partial charge in [0.05, 0.1) is 0 Å². The Kier molecular flexibility index (Phi) is 0.743. The summed E-state index contributed by atoms with van der Waals surface area (Å²) in [6.07, 6.45) is 1.31. The third-order valence-electron chi connectivity index (χ3n) is 1.18. The number of rotatable bonds is 0. The molecule has 0 aliphatic heterocycles. The third-order valence-corrected chi connectivity index (χ3v) is 1.18. The quantitative estimate of drug-likeness (QED) is 0.550. The van der Waals surface area contributed by atoms with Crippen molar-refractivity contribution in [1.82, 2.24) is 4.98 Å². The lowest BCUT2D eigenvalue weighted by Gasteiger charge is -1.73. The lowest BCUT2D eigenvalue weighted by atomic mass is 10.5. The van der Waals surface area contributed by atoms with Crippen molar-refractivity contribution < 1.29 is 8.83 Å². The maximum atomic E-state index is 10.5. The highest BCUT2D eigenvalue weighted by Crippen LogP contribution is 2.18. The van der Waals surface area contributed by atoms with Crippen molar-refractivity contribution in [1.29, 1.82) is 0 Å². The SMILES string of the molecule is Nc1coc2[nH]c(=O)oc12. The molecule has 0 aliphatic rings. The van der Waals surface area contributed by atoms with E-state index in [1.165, 1.54) is 6.26 Å². The normalized spacial score (nSPS) is 10.8. The first-order valence-corrected chi connectivity index (χ1v) is 2.63. The molecular formula is C5H4N2O3. The fourth-order valence-corrected chi connectivity index (χ4v) is 0.763. The van der Waals surface area contributed by atoms with E-state index in [4.69, 9.17) is 10.2 Å². The highest BCUT2D eigenvalue weighted by atomic mass is 16.4. The average Bonchev–Trinajstić information content (AvgIpc) is 2.35. The number of hydrogen-bond acceptors (Lipinski definition) is 4. The van der Waals surface area contributed by atoms with Crippen molar-refractivity contribution in [2.24, 2.45) is 0 Å². The molecule has 0 unspecified atom stereocenters. The van der Waals surface area contributed by atoms with Gasteiger partial charge in [0.25, 0.3) is 0 Å². The van der Waals surface area contributed by atoms with Gasteiger partial charge in [-0.05, 0) is 0 Å². The molecule has 2 aromatic heterocycles. The molecule has 0 aliphatic carbocycles. The molecule has 0 atom stereocenters. The lowest BCUT2D eigenvalue weighted by molar-refractivity contribution is 0.555. The number of aromatic nitrogens is 1. The van der Waals surface area contributed by atoms with Crippen LogP contribution in [0.1, 0.15) is 0 Å². The summed E-state index contributed by atoms with van der Waals surface area (Å²) in [6, 6.07) is 0. The summed E-state index contributed by atoms with van der Waals surface area (Å²) in [5.41, 5.74) is 6.23. The van der Waals surface area contributed by atoms with Crippen LogP contribution in [0.4, 0.5) is 5.69 Å². The minimum Gasteiger partial charge on any atom is -0.443 e. The van der Waals surface area contributed by atoms with Gasteiger partial charge in [-0.3, -0.25) is 4.98 Å². The number of H-pyrrole nitrogens is 1. The fraction of sp³-hybridized carbons (Fsp3) is 0. The molecule has 0 bridgehead atoms. The van der Waals surface area contributed by atoms with E-state index in [1.54, 1.807) is 0 Å². The van der Waals surface area contributed by atoms with E-state index in [-0.39, 0.29) is 11.3 Å². The molecule has 52 valence electrons. The summed E-state index contributed by atoms with van der Waals surface area (Å²) in [5, 5.41) is 0. The topological polar surface area (TPSA) is 85.2 Å². The van der Waals surface area contributed by atoms with E-state index >= 15 is 0 Å². The number of anilines is 1. The van der Waals surface area contributed by atoms with Gasteiger partial charge in [-0.2, -0.15) is 0 Å². The Balaban J connectivity index is 3.03. The molecule has 2 rings (SSSR count). The average molecular weight is 140 g/mol. The van der Waals surface area contributed by atoms with Crippen LogP contribution < -0.4 is 11.5 Å². The van der Waals surface area contributed by atoms with Gasteiger partial charge in [-0.25, -0.2) is 4.79 Å². The third kappa shape index (κ3) is 0.485. The second-order valence-electron chi connectivity index (χ2n) is 1.86. The van der Waals surface area contributed by atoms with Crippen LogP contribution in [-0.2, 0) is 0 Å². The van der Waals surface area contributed by atoms with Crippen LogP contribution in [-0.4, -0.2) is 4.98 Å². The lowest BCUT2D eigenvalue weighted by Crippen LogP contribution is -1.93. The number of nitrogens with one attached hydrogen (secondary N) is 1. The Bertz CT molecular complexity index is 408. The first kappa shape index (κ1) is 5.16. The predicted molar refractivity (Wildman–Crippen MR) is 33.5 cm³/mol. The molecule has 0 amide bonds. The van der Waals surface area contributed by atoms with Gasteiger partial charge in [0.1, 0.15) is 12.0 Å². The zero-order valence-corrected chi connectivity index (χ0v) is 4.88. The van der Waals surface area contributed by atoms with E-state index in [1.807, 2.05) is 0 Å². The van der Waals surface area contributed by atoms with E-state index in [9.17, 15) is 4.79 Å². The summed E-state index contributed by atoms with van der Waals surface area (Å²) in [5.74, 6) is -0.555. The van der Waals surface area contributed by atoms with E-state index in [2.05, 4.69) is 9.40 Å². The van der Waals surface area contributed by atoms with Crippen molar-refractivity contribution in [3.05, 3.63) is 16.8 Å². The summed E-state index contributed by atoms with van der Waals surface area (Å²) in [6.45, 7) is 0. The van der Waals surface area contributed by atoms with Crippen LogP contribution in [0, 0.1) is 0 Å². The number of furan rings is 1. The van der Waals surface area contributed by atoms with Crippen molar-refractivity contribution in [2.45, 2.75) is 0 Å². The molecule has 0 saturated carbocycles. The summed E-state index contributed by atoms with van der Waals surface area (Å²) < 4.78 is 9.40. The van der Waals surface area contributed by atoms with E-state index in [0.717, 1.165) is 0 Å². The smallest absolute Gasteiger partial charge is 0.419 e. The molecule has 0 saturated heterocycles. The Labute approximate surface area is 54.4 Å². The molecular weight excluding hydrogens is 136 g/mol. The minimum atomic E-state index is -0.555. The Morgan fingerprint density at radius 3 is 3.10 bits per heavy atom. The van der Waals surface area contributed by atoms with Crippen LogP contribution in [0.2, 0.25) is 0 Å². The van der Waals surface area contributed by atoms with Crippen LogP contribution in [0.3, 0.4) is 0 Å². The maximum absolute atomic E-state index is 10.5. The van der Waals surface area contributed by atoms with Gasteiger partial charge in [0.15, 0.2) is 0 Å². The zero-order valence-electron chi connectivity index (χ0n) is 4.88. The van der Waals surface area contributed by atoms with Crippen LogP contribution in [0.15, 0.2) is 19.9 Å². The van der Waals surface area contributed by atoms with Crippen LogP contribution in [0.5, 0.6) is 0 Å². The van der Waals surface area contributed by atoms with Crippen molar-refractivity contribution >= 4 is 17.0 Å². The molecule has 5 heteroatoms. The Hall–Kier alpha value is -1.65. The van der Waals surface area contributed by atoms with Crippen molar-refractivity contribution in [3.8, 4) is 0 Å². The molecule has 3 N–H and O–H groups in total. The predicted octanol–water partition coefficient (Wildman–Crippen LogP) is 0.296. The number of hydrogen-bond donors (Lipinski definition) is 2. The van der Waals surface area contributed by atoms with Crippen LogP contribution >= 0.6 is 0 Å². The van der Waals surface area contributed by atoms with Crippen LogP contribution in [0.25, 0.3) is 11.3 Å². The van der Waals surface area contributed by atoms with Crippen molar-refractivity contribution in [3.63, 3.8) is 0 Å². The highest BCUT2D eigenvalue weighted by molar-refractivity contribution is 5.79. The Morgan fingerprint density at radius 1 is 1.60 bits per heavy atom. The Morgan fingerprint density at radius 2 is 2.40 bits per heavy atom. The standard InChI is InChI=1S/C5H4N2O3/c6-2-1-9-4-3(2)10-5(8)7-4/h1H,6H2,(H,7,8).